The van der Waals surface area contributed by atoms with E-state index in [0.717, 1.165) is 0 Å². The van der Waals surface area contributed by atoms with Gasteiger partial charge in [0.1, 0.15) is 0 Å². The highest BCUT2D eigenvalue weighted by atomic mass is 16.5. The Labute approximate surface area is 148 Å². The van der Waals surface area contributed by atoms with Crippen LogP contribution in [0.3, 0.4) is 0 Å². The second kappa shape index (κ2) is 11.2. The fourth-order valence-corrected chi connectivity index (χ4v) is 2.16. The minimum absolute atomic E-state index is 0.258. The molecule has 0 heterocycles. The van der Waals surface area contributed by atoms with Crippen LogP contribution in [0, 0.1) is 0 Å². The molecule has 1 aromatic carbocycles. The molecule has 0 saturated heterocycles. The van der Waals surface area contributed by atoms with Gasteiger partial charge in [-0.1, -0.05) is 0 Å². The van der Waals surface area contributed by atoms with Crippen LogP contribution in [-0.2, 0) is 9.53 Å². The van der Waals surface area contributed by atoms with Crippen LogP contribution < -0.4 is 19.5 Å². The molecule has 7 heteroatoms. The van der Waals surface area contributed by atoms with Crippen molar-refractivity contribution < 1.29 is 28.5 Å². The zero-order chi connectivity index (χ0) is 18.7. The normalized spacial score (nSPS) is 10.1. The summed E-state index contributed by atoms with van der Waals surface area (Å²) in [5, 5.41) is 2.77. The molecule has 0 aromatic heterocycles. The Balaban J connectivity index is 2.90. The Hall–Kier alpha value is -2.44. The van der Waals surface area contributed by atoms with Gasteiger partial charge >= 0.3 is 5.97 Å². The van der Waals surface area contributed by atoms with Crippen molar-refractivity contribution in [1.29, 1.82) is 0 Å². The molecule has 1 rings (SSSR count). The molecule has 0 atom stereocenters. The third kappa shape index (κ3) is 6.52. The van der Waals surface area contributed by atoms with Crippen molar-refractivity contribution in [2.24, 2.45) is 0 Å². The lowest BCUT2D eigenvalue weighted by atomic mass is 10.1. The molecular weight excluding hydrogens is 326 g/mol. The highest BCUT2D eigenvalue weighted by molar-refractivity contribution is 5.95. The van der Waals surface area contributed by atoms with E-state index >= 15 is 0 Å². The van der Waals surface area contributed by atoms with Crippen molar-refractivity contribution in [3.05, 3.63) is 17.7 Å². The summed E-state index contributed by atoms with van der Waals surface area (Å²) in [6.45, 7) is 7.29. The Morgan fingerprint density at radius 1 is 0.960 bits per heavy atom. The lowest BCUT2D eigenvalue weighted by molar-refractivity contribution is -0.140. The van der Waals surface area contributed by atoms with Gasteiger partial charge in [0.05, 0.1) is 26.9 Å². The zero-order valence-electron chi connectivity index (χ0n) is 15.3. The van der Waals surface area contributed by atoms with E-state index < -0.39 is 0 Å². The Morgan fingerprint density at radius 3 is 2.00 bits per heavy atom. The number of hydrogen-bond acceptors (Lipinski definition) is 6. The molecule has 0 spiro atoms. The van der Waals surface area contributed by atoms with E-state index in [1.54, 1.807) is 12.1 Å². The Morgan fingerprint density at radius 2 is 1.52 bits per heavy atom. The smallest absolute Gasteiger partial charge is 0.305 e. The number of hydrogen-bond donors (Lipinski definition) is 1. The number of rotatable bonds is 11. The first-order valence-electron chi connectivity index (χ1n) is 8.48. The van der Waals surface area contributed by atoms with E-state index in [2.05, 4.69) is 10.1 Å². The fourth-order valence-electron chi connectivity index (χ4n) is 2.16. The summed E-state index contributed by atoms with van der Waals surface area (Å²) in [7, 11) is 1.34. The van der Waals surface area contributed by atoms with Crippen LogP contribution in [0.15, 0.2) is 12.1 Å². The van der Waals surface area contributed by atoms with Gasteiger partial charge in [-0.05, 0) is 39.3 Å². The van der Waals surface area contributed by atoms with Crippen molar-refractivity contribution in [3.63, 3.8) is 0 Å². The first kappa shape index (κ1) is 20.6. The van der Waals surface area contributed by atoms with Gasteiger partial charge in [-0.2, -0.15) is 0 Å². The molecule has 0 bridgehead atoms. The molecule has 0 aliphatic carbocycles. The molecule has 0 radical (unpaired) electrons. The van der Waals surface area contributed by atoms with Gasteiger partial charge < -0.3 is 24.3 Å². The van der Waals surface area contributed by atoms with E-state index in [9.17, 15) is 9.59 Å². The maximum atomic E-state index is 12.4. The van der Waals surface area contributed by atoms with E-state index in [1.165, 1.54) is 7.11 Å². The van der Waals surface area contributed by atoms with Gasteiger partial charge in [-0.3, -0.25) is 9.59 Å². The van der Waals surface area contributed by atoms with Crippen LogP contribution in [0.1, 0.15) is 44.0 Å². The van der Waals surface area contributed by atoms with Crippen molar-refractivity contribution in [3.8, 4) is 17.2 Å². The quantitative estimate of drug-likeness (QED) is 0.486. The van der Waals surface area contributed by atoms with Crippen molar-refractivity contribution in [2.45, 2.75) is 33.6 Å². The summed E-state index contributed by atoms with van der Waals surface area (Å²) >= 11 is 0. The Kier molecular flexibility index (Phi) is 9.21. The molecule has 0 fully saturated rings. The number of carbonyl (C=O) groups excluding carboxylic acids is 2. The third-order valence-corrected chi connectivity index (χ3v) is 3.24. The fraction of sp³-hybridized carbons (Fsp3) is 0.556. The molecule has 0 aliphatic rings. The molecule has 0 saturated carbocycles. The molecule has 7 nitrogen and oxygen atoms in total. The van der Waals surface area contributed by atoms with Gasteiger partial charge in [-0.15, -0.1) is 0 Å². The molecule has 1 aromatic rings. The average molecular weight is 353 g/mol. The van der Waals surface area contributed by atoms with Crippen LogP contribution in [0.4, 0.5) is 0 Å². The second-order valence-corrected chi connectivity index (χ2v) is 5.04. The highest BCUT2D eigenvalue weighted by Gasteiger charge is 2.18. The number of esters is 1. The van der Waals surface area contributed by atoms with Crippen LogP contribution in [-0.4, -0.2) is 45.4 Å². The van der Waals surface area contributed by atoms with Gasteiger partial charge in [0.25, 0.3) is 5.91 Å². The summed E-state index contributed by atoms with van der Waals surface area (Å²) in [5.74, 6) is 0.862. The number of amides is 1. The SMILES string of the molecule is CCOc1cc(C(=O)NCCCC(=O)OC)cc(OCC)c1OCC. The van der Waals surface area contributed by atoms with Gasteiger partial charge in [0.2, 0.25) is 5.75 Å². The van der Waals surface area contributed by atoms with Crippen LogP contribution in [0.5, 0.6) is 17.2 Å². The van der Waals surface area contributed by atoms with E-state index in [4.69, 9.17) is 14.2 Å². The van der Waals surface area contributed by atoms with Crippen LogP contribution in [0.2, 0.25) is 0 Å². The maximum Gasteiger partial charge on any atom is 0.305 e. The molecule has 0 aliphatic heterocycles. The molecular formula is C18H27NO6. The van der Waals surface area contributed by atoms with Gasteiger partial charge in [-0.25, -0.2) is 0 Å². The minimum atomic E-state index is -0.299. The molecule has 0 unspecified atom stereocenters. The topological polar surface area (TPSA) is 83.1 Å². The number of benzene rings is 1. The summed E-state index contributed by atoms with van der Waals surface area (Å²) in [4.78, 5) is 23.4. The molecule has 1 N–H and O–H groups in total. The largest absolute Gasteiger partial charge is 0.490 e. The van der Waals surface area contributed by atoms with Gasteiger partial charge in [0.15, 0.2) is 11.5 Å². The molecule has 25 heavy (non-hydrogen) atoms. The molecule has 140 valence electrons. The standard InChI is InChI=1S/C18H27NO6/c1-5-23-14-11-13(12-15(24-6-2)17(14)25-7-3)18(21)19-10-8-9-16(20)22-4/h11-12H,5-10H2,1-4H3,(H,19,21). The highest BCUT2D eigenvalue weighted by Crippen LogP contribution is 2.39. The minimum Gasteiger partial charge on any atom is -0.490 e. The average Bonchev–Trinajstić information content (AvgIpc) is 2.61. The van der Waals surface area contributed by atoms with Crippen LogP contribution >= 0.6 is 0 Å². The van der Waals surface area contributed by atoms with E-state index in [-0.39, 0.29) is 18.3 Å². The lowest BCUT2D eigenvalue weighted by Crippen LogP contribution is -2.25. The Bertz CT molecular complexity index is 546. The number of nitrogens with one attached hydrogen (secondary N) is 1. The lowest BCUT2D eigenvalue weighted by Gasteiger charge is -2.17. The third-order valence-electron chi connectivity index (χ3n) is 3.24. The second-order valence-electron chi connectivity index (χ2n) is 5.04. The summed E-state index contributed by atoms with van der Waals surface area (Å²) < 4.78 is 21.4. The van der Waals surface area contributed by atoms with Crippen molar-refractivity contribution in [2.75, 3.05) is 33.5 Å². The monoisotopic (exact) mass is 353 g/mol. The predicted octanol–water partition coefficient (Wildman–Crippen LogP) is 2.57. The van der Waals surface area contributed by atoms with Crippen molar-refractivity contribution >= 4 is 11.9 Å². The number of ether oxygens (including phenoxy) is 4. The summed E-state index contributed by atoms with van der Waals surface area (Å²) in [6.07, 6.45) is 0.764. The molecule has 1 amide bonds. The maximum absolute atomic E-state index is 12.4. The van der Waals surface area contributed by atoms with E-state index in [0.29, 0.717) is 55.6 Å². The predicted molar refractivity (Wildman–Crippen MR) is 93.5 cm³/mol. The number of methoxy groups -OCH3 is 1. The zero-order valence-corrected chi connectivity index (χ0v) is 15.3. The first-order valence-corrected chi connectivity index (χ1v) is 8.48. The van der Waals surface area contributed by atoms with Crippen molar-refractivity contribution in [1.82, 2.24) is 5.32 Å². The van der Waals surface area contributed by atoms with Crippen LogP contribution in [0.25, 0.3) is 0 Å². The van der Waals surface area contributed by atoms with E-state index in [1.807, 2.05) is 20.8 Å². The van der Waals surface area contributed by atoms with Gasteiger partial charge in [0, 0.05) is 18.5 Å². The summed E-state index contributed by atoms with van der Waals surface area (Å²) in [6, 6.07) is 3.26. The summed E-state index contributed by atoms with van der Waals surface area (Å²) in [5.41, 5.74) is 0.411. The number of carbonyl (C=O) groups is 2. The first-order chi connectivity index (χ1) is 12.1.